The number of benzene rings is 3. The number of aromatic amines is 1. The van der Waals surface area contributed by atoms with Gasteiger partial charge in [0.25, 0.3) is 11.5 Å². The van der Waals surface area contributed by atoms with Crippen LogP contribution in [0, 0.1) is 0 Å². The van der Waals surface area contributed by atoms with Crippen LogP contribution in [-0.4, -0.2) is 30.1 Å². The van der Waals surface area contributed by atoms with Crippen LogP contribution < -0.4 is 15.0 Å². The van der Waals surface area contributed by atoms with E-state index in [4.69, 9.17) is 4.74 Å². The van der Waals surface area contributed by atoms with E-state index in [1.807, 2.05) is 65.2 Å². The zero-order chi connectivity index (χ0) is 28.6. The fraction of sp³-hybridized carbons (Fsp3) is 0.188. The number of rotatable bonds is 8. The second-order valence-electron chi connectivity index (χ2n) is 10.3. The Morgan fingerprint density at radius 3 is 2.46 bits per heavy atom. The zero-order valence-corrected chi connectivity index (χ0v) is 23.3. The molecule has 0 saturated carbocycles. The molecule has 208 valence electrons. The van der Waals surface area contributed by atoms with Crippen LogP contribution in [0.1, 0.15) is 39.2 Å². The van der Waals surface area contributed by atoms with Crippen molar-refractivity contribution in [3.05, 3.63) is 123 Å². The smallest absolute Gasteiger partial charge is 0.282 e. The summed E-state index contributed by atoms with van der Waals surface area (Å²) in [6, 6.07) is 24.9. The molecule has 6 rings (SSSR count). The number of hydrogen-bond acceptors (Lipinski definition) is 5. The predicted octanol–water partition coefficient (Wildman–Crippen LogP) is 4.80. The Morgan fingerprint density at radius 1 is 0.951 bits per heavy atom. The quantitative estimate of drug-likeness (QED) is 0.280. The molecule has 9 heteroatoms. The molecule has 0 bridgehead atoms. The fourth-order valence-corrected chi connectivity index (χ4v) is 6.02. The number of nitrogens with zero attached hydrogens (tertiary/aromatic N) is 1. The third kappa shape index (κ3) is 5.53. The minimum atomic E-state index is -3.88. The molecule has 2 N–H and O–H groups in total. The Hall–Kier alpha value is -4.63. The molecule has 8 nitrogen and oxygen atoms in total. The van der Waals surface area contributed by atoms with Gasteiger partial charge in [-0.2, -0.15) is 0 Å². The zero-order valence-electron chi connectivity index (χ0n) is 22.5. The molecule has 2 heterocycles. The van der Waals surface area contributed by atoms with Gasteiger partial charge in [0, 0.05) is 34.8 Å². The van der Waals surface area contributed by atoms with E-state index >= 15 is 0 Å². The molecule has 0 spiro atoms. The van der Waals surface area contributed by atoms with Crippen LogP contribution in [0.15, 0.2) is 89.9 Å². The molecule has 0 aliphatic heterocycles. The van der Waals surface area contributed by atoms with Gasteiger partial charge in [-0.05, 0) is 77.9 Å². The number of fused-ring (bicyclic) bond motifs is 2. The molecule has 1 aliphatic rings. The lowest BCUT2D eigenvalue weighted by molar-refractivity contribution is 0.0974. The molecule has 3 aromatic carbocycles. The van der Waals surface area contributed by atoms with Gasteiger partial charge in [-0.3, -0.25) is 9.59 Å². The van der Waals surface area contributed by atoms with Crippen molar-refractivity contribution in [2.75, 3.05) is 6.26 Å². The summed E-state index contributed by atoms with van der Waals surface area (Å²) < 4.78 is 34.4. The van der Waals surface area contributed by atoms with Crippen LogP contribution in [0.25, 0.3) is 22.0 Å². The van der Waals surface area contributed by atoms with Crippen LogP contribution in [-0.2, 0) is 36.0 Å². The lowest BCUT2D eigenvalue weighted by atomic mass is 10.00. The third-order valence-corrected chi connectivity index (χ3v) is 7.90. The van der Waals surface area contributed by atoms with E-state index in [0.717, 1.165) is 47.5 Å². The molecule has 0 fully saturated rings. The molecule has 0 unspecified atom stereocenters. The molecule has 0 radical (unpaired) electrons. The largest absolute Gasteiger partial charge is 0.489 e. The first-order chi connectivity index (χ1) is 19.8. The number of aromatic nitrogens is 2. The minimum Gasteiger partial charge on any atom is -0.489 e. The summed E-state index contributed by atoms with van der Waals surface area (Å²) in [5.74, 6) is -0.121. The number of hydrogen-bond donors (Lipinski definition) is 2. The number of nitrogens with one attached hydrogen (secondary N) is 2. The standard InChI is InChI=1S/C32H29N3O5S/c1-41(38,39)34-32(37)30-29(26-14-7-15-33-31(26)36)27-17-23-11-6-12-24(23)18-28(27)35(30)19-22-10-5-13-25(16-22)40-20-21-8-3-2-4-9-21/h2-5,7-10,13-18H,6,11-12,19-20H2,1H3,(H,33,36)(H,34,37). The monoisotopic (exact) mass is 567 g/mol. The van der Waals surface area contributed by atoms with Crippen LogP contribution >= 0.6 is 0 Å². The summed E-state index contributed by atoms with van der Waals surface area (Å²) in [6.45, 7) is 0.668. The topological polar surface area (TPSA) is 110 Å². The van der Waals surface area contributed by atoms with Crippen molar-refractivity contribution in [1.82, 2.24) is 14.3 Å². The highest BCUT2D eigenvalue weighted by Crippen LogP contribution is 2.38. The van der Waals surface area contributed by atoms with Gasteiger partial charge in [-0.1, -0.05) is 42.5 Å². The van der Waals surface area contributed by atoms with Gasteiger partial charge in [-0.25, -0.2) is 13.1 Å². The molecule has 2 aromatic heterocycles. The average Bonchev–Trinajstić information content (AvgIpc) is 3.53. The van der Waals surface area contributed by atoms with Crippen LogP contribution in [0.5, 0.6) is 5.75 Å². The number of carbonyl (C=O) groups is 1. The molecule has 1 aliphatic carbocycles. The number of pyridine rings is 1. The Morgan fingerprint density at radius 2 is 1.71 bits per heavy atom. The number of ether oxygens (including phenoxy) is 1. The molecule has 1 amide bonds. The predicted molar refractivity (Wildman–Crippen MR) is 159 cm³/mol. The van der Waals surface area contributed by atoms with Gasteiger partial charge in [-0.15, -0.1) is 0 Å². The van der Waals surface area contributed by atoms with Crippen LogP contribution in [0.2, 0.25) is 0 Å². The van der Waals surface area contributed by atoms with Crippen LogP contribution in [0.3, 0.4) is 0 Å². The van der Waals surface area contributed by atoms with Gasteiger partial charge in [0.1, 0.15) is 18.1 Å². The molecular formula is C32H29N3O5S. The van der Waals surface area contributed by atoms with E-state index in [1.165, 1.54) is 17.3 Å². The van der Waals surface area contributed by atoms with E-state index in [1.54, 1.807) is 12.1 Å². The van der Waals surface area contributed by atoms with Gasteiger partial charge < -0.3 is 14.3 Å². The van der Waals surface area contributed by atoms with Crippen molar-refractivity contribution in [2.24, 2.45) is 0 Å². The van der Waals surface area contributed by atoms with E-state index < -0.39 is 15.9 Å². The Balaban J connectivity index is 1.51. The van der Waals surface area contributed by atoms with Gasteiger partial charge in [0.15, 0.2) is 0 Å². The van der Waals surface area contributed by atoms with Crippen molar-refractivity contribution < 1.29 is 17.9 Å². The number of aryl methyl sites for hydroxylation is 2. The Labute approximate surface area is 237 Å². The normalized spacial score (nSPS) is 12.8. The summed E-state index contributed by atoms with van der Waals surface area (Å²) in [4.78, 5) is 29.4. The van der Waals surface area contributed by atoms with Crippen molar-refractivity contribution >= 4 is 26.8 Å². The molecule has 0 atom stereocenters. The number of sulfonamides is 1. The number of amides is 1. The Kier molecular flexibility index (Phi) is 6.96. The third-order valence-electron chi connectivity index (χ3n) is 7.35. The summed E-state index contributed by atoms with van der Waals surface area (Å²) >= 11 is 0. The highest BCUT2D eigenvalue weighted by molar-refractivity contribution is 7.89. The first-order valence-corrected chi connectivity index (χ1v) is 15.3. The molecule has 41 heavy (non-hydrogen) atoms. The maximum atomic E-state index is 13.7. The van der Waals surface area contributed by atoms with Gasteiger partial charge in [0.05, 0.1) is 6.26 Å². The molecule has 0 saturated heterocycles. The van der Waals surface area contributed by atoms with E-state index in [9.17, 15) is 18.0 Å². The van der Waals surface area contributed by atoms with E-state index in [0.29, 0.717) is 23.5 Å². The lowest BCUT2D eigenvalue weighted by Crippen LogP contribution is -2.31. The minimum absolute atomic E-state index is 0.112. The van der Waals surface area contributed by atoms with Crippen molar-refractivity contribution in [3.63, 3.8) is 0 Å². The second kappa shape index (κ2) is 10.7. The Bertz CT molecular complexity index is 1940. The highest BCUT2D eigenvalue weighted by atomic mass is 32.2. The maximum absolute atomic E-state index is 13.7. The van der Waals surface area contributed by atoms with Crippen molar-refractivity contribution in [2.45, 2.75) is 32.4 Å². The number of carbonyl (C=O) groups excluding carboxylic acids is 1. The summed E-state index contributed by atoms with van der Waals surface area (Å²) in [5, 5.41) is 0.734. The van der Waals surface area contributed by atoms with E-state index in [-0.39, 0.29) is 17.8 Å². The maximum Gasteiger partial charge on any atom is 0.282 e. The van der Waals surface area contributed by atoms with Crippen LogP contribution in [0.4, 0.5) is 0 Å². The van der Waals surface area contributed by atoms with Crippen molar-refractivity contribution in [1.29, 1.82) is 0 Å². The number of H-pyrrole nitrogens is 1. The fourth-order valence-electron chi connectivity index (χ4n) is 5.58. The summed E-state index contributed by atoms with van der Waals surface area (Å²) in [5.41, 5.74) is 5.49. The highest BCUT2D eigenvalue weighted by Gasteiger charge is 2.28. The SMILES string of the molecule is CS(=O)(=O)NC(=O)c1c(-c2ccc[nH]c2=O)c2cc3c(cc2n1Cc1cccc(OCc2ccccc2)c1)CCC3. The van der Waals surface area contributed by atoms with Gasteiger partial charge in [0.2, 0.25) is 10.0 Å². The summed E-state index contributed by atoms with van der Waals surface area (Å²) in [7, 11) is -3.88. The first-order valence-electron chi connectivity index (χ1n) is 13.4. The second-order valence-corrected chi connectivity index (χ2v) is 12.1. The first kappa shape index (κ1) is 26.6. The average molecular weight is 568 g/mol. The molecular weight excluding hydrogens is 538 g/mol. The lowest BCUT2D eigenvalue weighted by Gasteiger charge is -2.14. The van der Waals surface area contributed by atoms with Crippen molar-refractivity contribution in [3.8, 4) is 16.9 Å². The van der Waals surface area contributed by atoms with E-state index in [2.05, 4.69) is 15.8 Å². The summed E-state index contributed by atoms with van der Waals surface area (Å²) in [6.07, 6.45) is 5.33. The van der Waals surface area contributed by atoms with Gasteiger partial charge >= 0.3 is 0 Å². The molecule has 5 aromatic rings.